The van der Waals surface area contributed by atoms with Crippen molar-refractivity contribution in [2.45, 2.75) is 322 Å². The predicted octanol–water partition coefficient (Wildman–Crippen LogP) is 21.3. The number of hydrogen-bond acceptors (Lipinski definition) is 6. The SMILES string of the molecule is CC/C=C\C/C=C\C/C=C\C/C=C\CCCCCCCCCCCCCCC(=O)OCC(COC(=O)CCCCCCCCCCCCCCCC)OC(=O)CCCCCCC/C=C\C/C=C\CCCCCC. The molecule has 6 heteroatoms. The zero-order chi connectivity index (χ0) is 52.9. The van der Waals surface area contributed by atoms with E-state index in [0.717, 1.165) is 109 Å². The summed E-state index contributed by atoms with van der Waals surface area (Å²) in [4.78, 5) is 38.3. The zero-order valence-electron chi connectivity index (χ0n) is 48.4. The van der Waals surface area contributed by atoms with Crippen LogP contribution in [0.2, 0.25) is 0 Å². The monoisotopic (exact) mass is 1020 g/mol. The van der Waals surface area contributed by atoms with Gasteiger partial charge in [-0.15, -0.1) is 0 Å². The average molecular weight is 1020 g/mol. The van der Waals surface area contributed by atoms with Gasteiger partial charge in [0.1, 0.15) is 13.2 Å². The van der Waals surface area contributed by atoms with Crippen molar-refractivity contribution in [3.63, 3.8) is 0 Å². The Morgan fingerprint density at radius 3 is 0.849 bits per heavy atom. The van der Waals surface area contributed by atoms with Crippen molar-refractivity contribution in [3.05, 3.63) is 72.9 Å². The summed E-state index contributed by atoms with van der Waals surface area (Å²) < 4.78 is 16.9. The minimum Gasteiger partial charge on any atom is -0.462 e. The number of unbranched alkanes of at least 4 members (excludes halogenated alkanes) is 34. The van der Waals surface area contributed by atoms with Crippen molar-refractivity contribution in [2.75, 3.05) is 13.2 Å². The van der Waals surface area contributed by atoms with Crippen LogP contribution in [0.1, 0.15) is 316 Å². The second kappa shape index (κ2) is 61.4. The largest absolute Gasteiger partial charge is 0.462 e. The highest BCUT2D eigenvalue weighted by molar-refractivity contribution is 5.71. The summed E-state index contributed by atoms with van der Waals surface area (Å²) in [7, 11) is 0. The van der Waals surface area contributed by atoms with Gasteiger partial charge in [0.05, 0.1) is 0 Å². The highest BCUT2D eigenvalue weighted by Gasteiger charge is 2.19. The Morgan fingerprint density at radius 1 is 0.288 bits per heavy atom. The highest BCUT2D eigenvalue weighted by atomic mass is 16.6. The van der Waals surface area contributed by atoms with Crippen LogP contribution in [0.3, 0.4) is 0 Å². The molecule has 422 valence electrons. The molecule has 0 aromatic carbocycles. The van der Waals surface area contributed by atoms with Gasteiger partial charge in [-0.05, 0) is 89.9 Å². The molecule has 0 aliphatic heterocycles. The quantitative estimate of drug-likeness (QED) is 0.0261. The van der Waals surface area contributed by atoms with Gasteiger partial charge in [-0.2, -0.15) is 0 Å². The second-order valence-electron chi connectivity index (χ2n) is 20.9. The fourth-order valence-electron chi connectivity index (χ4n) is 9.00. The minimum absolute atomic E-state index is 0.0780. The second-order valence-corrected chi connectivity index (χ2v) is 20.9. The van der Waals surface area contributed by atoms with Crippen LogP contribution in [0.25, 0.3) is 0 Å². The van der Waals surface area contributed by atoms with E-state index in [0.29, 0.717) is 19.3 Å². The van der Waals surface area contributed by atoms with Gasteiger partial charge < -0.3 is 14.2 Å². The first-order valence-electron chi connectivity index (χ1n) is 31.4. The third-order valence-electron chi connectivity index (χ3n) is 13.7. The first kappa shape index (κ1) is 69.8. The normalized spacial score (nSPS) is 12.5. The lowest BCUT2D eigenvalue weighted by Gasteiger charge is -2.18. The molecule has 1 unspecified atom stereocenters. The van der Waals surface area contributed by atoms with Crippen LogP contribution in [-0.2, 0) is 28.6 Å². The van der Waals surface area contributed by atoms with E-state index in [1.54, 1.807) is 0 Å². The maximum atomic E-state index is 12.9. The first-order chi connectivity index (χ1) is 36.0. The summed E-state index contributed by atoms with van der Waals surface area (Å²) in [6.45, 7) is 6.53. The molecule has 0 heterocycles. The fourth-order valence-corrected chi connectivity index (χ4v) is 9.00. The van der Waals surface area contributed by atoms with Crippen molar-refractivity contribution in [1.29, 1.82) is 0 Å². The number of carbonyl (C=O) groups is 3. The summed E-state index contributed by atoms with van der Waals surface area (Å²) in [5.41, 5.74) is 0. The Labute approximate surface area is 453 Å². The van der Waals surface area contributed by atoms with E-state index in [-0.39, 0.29) is 31.1 Å². The van der Waals surface area contributed by atoms with Gasteiger partial charge in [-0.25, -0.2) is 0 Å². The fraction of sp³-hybridized carbons (Fsp3) is 0.776. The van der Waals surface area contributed by atoms with Crippen LogP contribution in [0.15, 0.2) is 72.9 Å². The topological polar surface area (TPSA) is 78.9 Å². The Morgan fingerprint density at radius 2 is 0.534 bits per heavy atom. The molecule has 1 atom stereocenters. The van der Waals surface area contributed by atoms with E-state index in [1.165, 1.54) is 167 Å². The van der Waals surface area contributed by atoms with Gasteiger partial charge in [-0.3, -0.25) is 14.4 Å². The van der Waals surface area contributed by atoms with Gasteiger partial charge in [0, 0.05) is 19.3 Å². The van der Waals surface area contributed by atoms with E-state index >= 15 is 0 Å². The number of allylic oxidation sites excluding steroid dienone is 12. The van der Waals surface area contributed by atoms with E-state index < -0.39 is 6.10 Å². The first-order valence-corrected chi connectivity index (χ1v) is 31.4. The maximum absolute atomic E-state index is 12.9. The van der Waals surface area contributed by atoms with Crippen LogP contribution >= 0.6 is 0 Å². The van der Waals surface area contributed by atoms with Crippen LogP contribution in [0.4, 0.5) is 0 Å². The number of esters is 3. The van der Waals surface area contributed by atoms with E-state index in [2.05, 4.69) is 93.7 Å². The molecule has 0 saturated carbocycles. The molecule has 0 saturated heterocycles. The molecule has 0 N–H and O–H groups in total. The standard InChI is InChI=1S/C67H118O6/c1-4-7-10-13-16-19-22-25-28-30-31-32-33-34-35-36-37-38-40-42-45-48-51-54-57-60-66(69)72-63-64(62-71-65(68)59-56-53-50-47-44-41-27-24-21-18-15-12-9-6-3)73-67(70)61-58-55-52-49-46-43-39-29-26-23-20-17-14-11-8-5-2/h7,10,16,19-20,23,25,28-29,31-32,39,64H,4-6,8-9,11-15,17-18,21-22,24,26-27,30,33-38,40-63H2,1-3H3/b10-7-,19-16-,23-20-,28-25-,32-31-,39-29-. The lowest BCUT2D eigenvalue weighted by Crippen LogP contribution is -2.30. The van der Waals surface area contributed by atoms with Crippen molar-refractivity contribution in [1.82, 2.24) is 0 Å². The molecular formula is C67H118O6. The third kappa shape index (κ3) is 59.6. The molecule has 0 aliphatic carbocycles. The molecule has 0 amide bonds. The molecule has 0 aromatic rings. The summed E-state index contributed by atoms with van der Waals surface area (Å²) in [6, 6.07) is 0. The molecule has 0 aromatic heterocycles. The highest BCUT2D eigenvalue weighted by Crippen LogP contribution is 2.17. The Bertz CT molecular complexity index is 1360. The van der Waals surface area contributed by atoms with Crippen LogP contribution in [0, 0.1) is 0 Å². The molecule has 0 rings (SSSR count). The van der Waals surface area contributed by atoms with E-state index in [1.807, 2.05) is 0 Å². The third-order valence-corrected chi connectivity index (χ3v) is 13.7. The minimum atomic E-state index is -0.782. The van der Waals surface area contributed by atoms with Gasteiger partial charge in [0.15, 0.2) is 6.10 Å². The molecular weight excluding hydrogens is 901 g/mol. The molecule has 73 heavy (non-hydrogen) atoms. The molecule has 0 fully saturated rings. The van der Waals surface area contributed by atoms with Crippen LogP contribution < -0.4 is 0 Å². The van der Waals surface area contributed by atoms with Crippen molar-refractivity contribution in [2.24, 2.45) is 0 Å². The van der Waals surface area contributed by atoms with E-state index in [9.17, 15) is 14.4 Å². The summed E-state index contributed by atoms with van der Waals surface area (Å²) in [5.74, 6) is -0.879. The lowest BCUT2D eigenvalue weighted by molar-refractivity contribution is -0.167. The molecule has 0 aliphatic rings. The Hall–Kier alpha value is -3.15. The summed E-state index contributed by atoms with van der Waals surface area (Å²) in [6.07, 6.45) is 79.0. The average Bonchev–Trinajstić information content (AvgIpc) is 3.39. The van der Waals surface area contributed by atoms with Crippen LogP contribution in [0.5, 0.6) is 0 Å². The van der Waals surface area contributed by atoms with E-state index in [4.69, 9.17) is 14.2 Å². The maximum Gasteiger partial charge on any atom is 0.306 e. The van der Waals surface area contributed by atoms with Crippen molar-refractivity contribution in [3.8, 4) is 0 Å². The lowest BCUT2D eigenvalue weighted by atomic mass is 10.0. The number of rotatable bonds is 57. The number of hydrogen-bond donors (Lipinski definition) is 0. The van der Waals surface area contributed by atoms with Gasteiger partial charge in [0.2, 0.25) is 0 Å². The van der Waals surface area contributed by atoms with Crippen molar-refractivity contribution < 1.29 is 28.6 Å². The van der Waals surface area contributed by atoms with Crippen molar-refractivity contribution >= 4 is 17.9 Å². The molecule has 0 spiro atoms. The van der Waals surface area contributed by atoms with Gasteiger partial charge in [0.25, 0.3) is 0 Å². The predicted molar refractivity (Wildman–Crippen MR) is 316 cm³/mol. The Kier molecular flexibility index (Phi) is 58.7. The van der Waals surface area contributed by atoms with Crippen LogP contribution in [-0.4, -0.2) is 37.2 Å². The molecule has 0 radical (unpaired) electrons. The number of carbonyl (C=O) groups excluding carboxylic acids is 3. The summed E-state index contributed by atoms with van der Waals surface area (Å²) >= 11 is 0. The zero-order valence-corrected chi connectivity index (χ0v) is 48.4. The van der Waals surface area contributed by atoms with Gasteiger partial charge >= 0.3 is 17.9 Å². The Balaban J connectivity index is 4.30. The number of ether oxygens (including phenoxy) is 3. The van der Waals surface area contributed by atoms with Gasteiger partial charge in [-0.1, -0.05) is 280 Å². The smallest absolute Gasteiger partial charge is 0.306 e. The summed E-state index contributed by atoms with van der Waals surface area (Å²) in [5, 5.41) is 0. The molecule has 0 bridgehead atoms. The molecule has 6 nitrogen and oxygen atoms in total.